The van der Waals surface area contributed by atoms with E-state index in [-0.39, 0.29) is 11.3 Å². The van der Waals surface area contributed by atoms with Gasteiger partial charge in [-0.3, -0.25) is 0 Å². The molecule has 0 aromatic heterocycles. The van der Waals surface area contributed by atoms with Gasteiger partial charge in [-0.1, -0.05) is 13.8 Å². The second kappa shape index (κ2) is 5.94. The van der Waals surface area contributed by atoms with Crippen LogP contribution in [-0.2, 0) is 11.2 Å². The van der Waals surface area contributed by atoms with Crippen molar-refractivity contribution in [1.82, 2.24) is 0 Å². The van der Waals surface area contributed by atoms with Crippen LogP contribution in [0.4, 0.5) is 0 Å². The lowest BCUT2D eigenvalue weighted by Gasteiger charge is -2.22. The first-order chi connectivity index (χ1) is 9.11. The molecule has 1 aromatic rings. The summed E-state index contributed by atoms with van der Waals surface area (Å²) in [5.41, 5.74) is -0.498. The highest BCUT2D eigenvalue weighted by Gasteiger charge is 2.29. The Labute approximate surface area is 118 Å². The number of aromatic carboxylic acids is 1. The zero-order chi connectivity index (χ0) is 15.5. The summed E-state index contributed by atoms with van der Waals surface area (Å²) in [6.45, 7) is 6.89. The van der Waals surface area contributed by atoms with E-state index in [0.29, 0.717) is 12.3 Å². The summed E-state index contributed by atoms with van der Waals surface area (Å²) in [6.07, 6.45) is 0.699. The molecule has 0 saturated carbocycles. The van der Waals surface area contributed by atoms with Gasteiger partial charge in [-0.25, -0.2) is 9.59 Å². The minimum Gasteiger partial charge on any atom is -0.478 e. The highest BCUT2D eigenvalue weighted by molar-refractivity contribution is 5.88. The standard InChI is InChI=1S/C15H20O5/c1-9(2)5-10-6-11(13(16)17)8-12(7-10)20-15(3,4)14(18)19/h6-9H,5H2,1-4H3,(H,16,17)(H,18,19). The van der Waals surface area contributed by atoms with E-state index in [1.807, 2.05) is 13.8 Å². The molecular weight excluding hydrogens is 260 g/mol. The van der Waals surface area contributed by atoms with Crippen molar-refractivity contribution in [1.29, 1.82) is 0 Å². The lowest BCUT2D eigenvalue weighted by molar-refractivity contribution is -0.152. The van der Waals surface area contributed by atoms with Crippen LogP contribution in [0, 0.1) is 5.92 Å². The molecule has 1 aromatic carbocycles. The largest absolute Gasteiger partial charge is 0.478 e. The summed E-state index contributed by atoms with van der Waals surface area (Å²) in [7, 11) is 0. The quantitative estimate of drug-likeness (QED) is 0.837. The lowest BCUT2D eigenvalue weighted by atomic mass is 10.0. The van der Waals surface area contributed by atoms with Gasteiger partial charge in [-0.2, -0.15) is 0 Å². The molecule has 0 spiro atoms. The van der Waals surface area contributed by atoms with E-state index in [4.69, 9.17) is 14.9 Å². The number of carboxylic acid groups (broad SMARTS) is 2. The molecule has 1 rings (SSSR count). The molecular formula is C15H20O5. The summed E-state index contributed by atoms with van der Waals surface area (Å²) in [6, 6.07) is 4.62. The van der Waals surface area contributed by atoms with E-state index in [1.54, 1.807) is 12.1 Å². The zero-order valence-electron chi connectivity index (χ0n) is 12.1. The SMILES string of the molecule is CC(C)Cc1cc(OC(C)(C)C(=O)O)cc(C(=O)O)c1. The van der Waals surface area contributed by atoms with Crippen molar-refractivity contribution in [2.24, 2.45) is 5.92 Å². The number of hydrogen-bond acceptors (Lipinski definition) is 3. The van der Waals surface area contributed by atoms with Gasteiger partial charge in [0.25, 0.3) is 0 Å². The number of rotatable bonds is 6. The van der Waals surface area contributed by atoms with E-state index in [1.165, 1.54) is 19.9 Å². The Morgan fingerprint density at radius 1 is 1.20 bits per heavy atom. The molecule has 110 valence electrons. The summed E-state index contributed by atoms with van der Waals surface area (Å²) in [4.78, 5) is 22.2. The molecule has 2 N–H and O–H groups in total. The van der Waals surface area contributed by atoms with E-state index >= 15 is 0 Å². The molecule has 0 fully saturated rings. The number of ether oxygens (including phenoxy) is 1. The smallest absolute Gasteiger partial charge is 0.347 e. The summed E-state index contributed by atoms with van der Waals surface area (Å²) in [5.74, 6) is -1.55. The maximum Gasteiger partial charge on any atom is 0.347 e. The molecule has 0 atom stereocenters. The predicted molar refractivity (Wildman–Crippen MR) is 74.3 cm³/mol. The van der Waals surface area contributed by atoms with Crippen molar-refractivity contribution in [3.63, 3.8) is 0 Å². The Bertz CT molecular complexity index is 517. The maximum absolute atomic E-state index is 11.1. The van der Waals surface area contributed by atoms with Gasteiger partial charge in [0, 0.05) is 0 Å². The highest BCUT2D eigenvalue weighted by Crippen LogP contribution is 2.24. The molecule has 0 unspecified atom stereocenters. The Kier molecular flexibility index (Phi) is 4.76. The van der Waals surface area contributed by atoms with E-state index in [2.05, 4.69) is 0 Å². The molecule has 0 saturated heterocycles. The molecule has 0 aliphatic carbocycles. The zero-order valence-corrected chi connectivity index (χ0v) is 12.1. The molecule has 0 bridgehead atoms. The molecule has 0 aliphatic heterocycles. The van der Waals surface area contributed by atoms with Gasteiger partial charge in [-0.05, 0) is 49.9 Å². The average Bonchev–Trinajstić information content (AvgIpc) is 2.26. The number of hydrogen-bond donors (Lipinski definition) is 2. The van der Waals surface area contributed by atoms with Crippen LogP contribution < -0.4 is 4.74 Å². The third kappa shape index (κ3) is 4.26. The number of carbonyl (C=O) groups is 2. The van der Waals surface area contributed by atoms with Crippen LogP contribution in [-0.4, -0.2) is 27.8 Å². The molecule has 0 radical (unpaired) electrons. The molecule has 0 heterocycles. The van der Waals surface area contributed by atoms with Gasteiger partial charge >= 0.3 is 11.9 Å². The lowest BCUT2D eigenvalue weighted by Crippen LogP contribution is -2.37. The van der Waals surface area contributed by atoms with Crippen molar-refractivity contribution in [3.05, 3.63) is 29.3 Å². The third-order valence-electron chi connectivity index (χ3n) is 2.75. The Morgan fingerprint density at radius 3 is 2.25 bits per heavy atom. The van der Waals surface area contributed by atoms with Crippen LogP contribution in [0.25, 0.3) is 0 Å². The molecule has 5 nitrogen and oxygen atoms in total. The van der Waals surface area contributed by atoms with Crippen LogP contribution in [0.5, 0.6) is 5.75 Å². The average molecular weight is 280 g/mol. The van der Waals surface area contributed by atoms with Crippen molar-refractivity contribution < 1.29 is 24.5 Å². The predicted octanol–water partition coefficient (Wildman–Crippen LogP) is 2.83. The van der Waals surface area contributed by atoms with Gasteiger partial charge in [0.1, 0.15) is 5.75 Å². The van der Waals surface area contributed by atoms with Crippen LogP contribution >= 0.6 is 0 Å². The number of aliphatic carboxylic acids is 1. The fraction of sp³-hybridized carbons (Fsp3) is 0.467. The second-order valence-electron chi connectivity index (χ2n) is 5.69. The van der Waals surface area contributed by atoms with Crippen LogP contribution in [0.3, 0.4) is 0 Å². The first-order valence-corrected chi connectivity index (χ1v) is 6.41. The molecule has 0 aliphatic rings. The normalized spacial score (nSPS) is 11.4. The number of benzene rings is 1. The van der Waals surface area contributed by atoms with Crippen LogP contribution in [0.1, 0.15) is 43.6 Å². The van der Waals surface area contributed by atoms with Gasteiger partial charge < -0.3 is 14.9 Å². The van der Waals surface area contributed by atoms with Crippen LogP contribution in [0.2, 0.25) is 0 Å². The van der Waals surface area contributed by atoms with Gasteiger partial charge in [0.15, 0.2) is 5.60 Å². The van der Waals surface area contributed by atoms with Crippen molar-refractivity contribution in [2.45, 2.75) is 39.7 Å². The summed E-state index contributed by atoms with van der Waals surface area (Å²) < 4.78 is 5.41. The van der Waals surface area contributed by atoms with E-state index in [0.717, 1.165) is 5.56 Å². The van der Waals surface area contributed by atoms with Gasteiger partial charge in [-0.15, -0.1) is 0 Å². The summed E-state index contributed by atoms with van der Waals surface area (Å²) >= 11 is 0. The van der Waals surface area contributed by atoms with Crippen molar-refractivity contribution in [3.8, 4) is 5.75 Å². The summed E-state index contributed by atoms with van der Waals surface area (Å²) in [5, 5.41) is 18.2. The first kappa shape index (κ1) is 16.0. The topological polar surface area (TPSA) is 83.8 Å². The minimum atomic E-state index is -1.41. The minimum absolute atomic E-state index is 0.0966. The Balaban J connectivity index is 3.15. The monoisotopic (exact) mass is 280 g/mol. The fourth-order valence-electron chi connectivity index (χ4n) is 1.77. The van der Waals surface area contributed by atoms with E-state index in [9.17, 15) is 9.59 Å². The second-order valence-corrected chi connectivity index (χ2v) is 5.69. The molecule has 5 heteroatoms. The third-order valence-corrected chi connectivity index (χ3v) is 2.75. The van der Waals surface area contributed by atoms with Gasteiger partial charge in [0.2, 0.25) is 0 Å². The van der Waals surface area contributed by atoms with Crippen molar-refractivity contribution >= 4 is 11.9 Å². The van der Waals surface area contributed by atoms with E-state index < -0.39 is 17.5 Å². The Hall–Kier alpha value is -2.04. The first-order valence-electron chi connectivity index (χ1n) is 6.41. The maximum atomic E-state index is 11.1. The van der Waals surface area contributed by atoms with Crippen LogP contribution in [0.15, 0.2) is 18.2 Å². The molecule has 20 heavy (non-hydrogen) atoms. The Morgan fingerprint density at radius 2 is 1.80 bits per heavy atom. The fourth-order valence-corrected chi connectivity index (χ4v) is 1.77. The van der Waals surface area contributed by atoms with Gasteiger partial charge in [0.05, 0.1) is 5.56 Å². The highest BCUT2D eigenvalue weighted by atomic mass is 16.5. The number of carboxylic acids is 2. The van der Waals surface area contributed by atoms with Crippen molar-refractivity contribution in [2.75, 3.05) is 0 Å². The molecule has 0 amide bonds.